The van der Waals surface area contributed by atoms with Crippen LogP contribution in [0.25, 0.3) is 0 Å². The van der Waals surface area contributed by atoms with E-state index in [-0.39, 0.29) is 6.04 Å². The molecule has 0 heterocycles. The lowest BCUT2D eigenvalue weighted by molar-refractivity contribution is 0.444. The zero-order valence-electron chi connectivity index (χ0n) is 8.26. The van der Waals surface area contributed by atoms with Crippen LogP contribution in [0.3, 0.4) is 0 Å². The average Bonchev–Trinajstić information content (AvgIpc) is 1.97. The summed E-state index contributed by atoms with van der Waals surface area (Å²) >= 11 is 0. The van der Waals surface area contributed by atoms with Crippen LogP contribution in [0.4, 0.5) is 0 Å². The standard InChI is InChI=1S/C9H16N2Si/c1-6-7-9(8-10)11(2)12(3,4)5/h1,9H,7H2,2-5H3. The Bertz CT molecular complexity index is 216. The van der Waals surface area contributed by atoms with E-state index in [0.717, 1.165) is 0 Å². The van der Waals surface area contributed by atoms with E-state index in [1.807, 2.05) is 7.05 Å². The van der Waals surface area contributed by atoms with Crippen LogP contribution in [-0.4, -0.2) is 25.9 Å². The number of terminal acetylenes is 1. The highest BCUT2D eigenvalue weighted by molar-refractivity contribution is 6.73. The SMILES string of the molecule is C#CCC(C#N)N(C)[Si](C)(C)C. The lowest BCUT2D eigenvalue weighted by Gasteiger charge is -2.32. The Balaban J connectivity index is 4.36. The van der Waals surface area contributed by atoms with Gasteiger partial charge in [0.15, 0.2) is 0 Å². The minimum absolute atomic E-state index is 0.110. The molecule has 0 spiro atoms. The lowest BCUT2D eigenvalue weighted by Crippen LogP contribution is -2.48. The summed E-state index contributed by atoms with van der Waals surface area (Å²) in [4.78, 5) is 0. The Labute approximate surface area is 76.3 Å². The maximum absolute atomic E-state index is 8.83. The van der Waals surface area contributed by atoms with Gasteiger partial charge in [-0.1, -0.05) is 19.6 Å². The van der Waals surface area contributed by atoms with Crippen molar-refractivity contribution in [1.29, 1.82) is 5.26 Å². The summed E-state index contributed by atoms with van der Waals surface area (Å²) in [6.07, 6.45) is 5.70. The van der Waals surface area contributed by atoms with E-state index in [9.17, 15) is 0 Å². The number of nitrogens with zero attached hydrogens (tertiary/aromatic N) is 2. The van der Waals surface area contributed by atoms with Crippen LogP contribution in [0.2, 0.25) is 19.6 Å². The molecule has 0 aromatic rings. The third-order valence-corrected chi connectivity index (χ3v) is 4.41. The van der Waals surface area contributed by atoms with Crippen molar-refractivity contribution in [3.63, 3.8) is 0 Å². The van der Waals surface area contributed by atoms with E-state index < -0.39 is 8.24 Å². The van der Waals surface area contributed by atoms with Crippen LogP contribution < -0.4 is 0 Å². The fourth-order valence-corrected chi connectivity index (χ4v) is 1.93. The largest absolute Gasteiger partial charge is 0.311 e. The second-order valence-electron chi connectivity index (χ2n) is 3.83. The number of rotatable bonds is 3. The van der Waals surface area contributed by atoms with Gasteiger partial charge in [-0.3, -0.25) is 0 Å². The smallest absolute Gasteiger partial charge is 0.120 e. The fourth-order valence-electron chi connectivity index (χ4n) is 0.848. The van der Waals surface area contributed by atoms with Crippen LogP contribution in [-0.2, 0) is 0 Å². The minimum Gasteiger partial charge on any atom is -0.311 e. The molecule has 0 bridgehead atoms. The molecule has 0 saturated heterocycles. The van der Waals surface area contributed by atoms with Gasteiger partial charge in [0.1, 0.15) is 14.3 Å². The van der Waals surface area contributed by atoms with Crippen molar-refractivity contribution in [2.75, 3.05) is 7.05 Å². The second kappa shape index (κ2) is 4.30. The molecule has 0 aromatic heterocycles. The first kappa shape index (κ1) is 11.2. The molecule has 0 fully saturated rings. The highest BCUT2D eigenvalue weighted by Crippen LogP contribution is 2.12. The third kappa shape index (κ3) is 3.09. The lowest BCUT2D eigenvalue weighted by atomic mass is 10.2. The number of hydrogen-bond acceptors (Lipinski definition) is 2. The summed E-state index contributed by atoms with van der Waals surface area (Å²) in [5, 5.41) is 8.83. The molecule has 3 heteroatoms. The van der Waals surface area contributed by atoms with E-state index in [1.54, 1.807) is 0 Å². The van der Waals surface area contributed by atoms with Gasteiger partial charge in [0.2, 0.25) is 0 Å². The van der Waals surface area contributed by atoms with Gasteiger partial charge in [-0.25, -0.2) is 0 Å². The van der Waals surface area contributed by atoms with Crippen LogP contribution in [0.5, 0.6) is 0 Å². The van der Waals surface area contributed by atoms with Crippen molar-refractivity contribution in [2.45, 2.75) is 32.1 Å². The summed E-state index contributed by atoms with van der Waals surface area (Å²) < 4.78 is 2.13. The molecule has 0 N–H and O–H groups in total. The molecule has 12 heavy (non-hydrogen) atoms. The predicted molar refractivity (Wildman–Crippen MR) is 54.0 cm³/mol. The van der Waals surface area contributed by atoms with Crippen LogP contribution in [0, 0.1) is 23.7 Å². The highest BCUT2D eigenvalue weighted by Gasteiger charge is 2.26. The molecule has 0 rings (SSSR count). The molecule has 0 aliphatic carbocycles. The van der Waals surface area contributed by atoms with Crippen LogP contribution in [0.1, 0.15) is 6.42 Å². The third-order valence-electron chi connectivity index (χ3n) is 1.99. The van der Waals surface area contributed by atoms with Crippen molar-refractivity contribution in [3.8, 4) is 18.4 Å². The Morgan fingerprint density at radius 3 is 2.25 bits per heavy atom. The van der Waals surface area contributed by atoms with Gasteiger partial charge in [-0.05, 0) is 7.05 Å². The molecule has 0 saturated carbocycles. The summed E-state index contributed by atoms with van der Waals surface area (Å²) in [7, 11) is 0.617. The monoisotopic (exact) mass is 180 g/mol. The van der Waals surface area contributed by atoms with Crippen LogP contribution >= 0.6 is 0 Å². The molecular formula is C9H16N2Si. The fraction of sp³-hybridized carbons (Fsp3) is 0.667. The van der Waals surface area contributed by atoms with Gasteiger partial charge in [0, 0.05) is 6.42 Å². The maximum atomic E-state index is 8.83. The van der Waals surface area contributed by atoms with Gasteiger partial charge in [0.05, 0.1) is 6.07 Å². The Morgan fingerprint density at radius 1 is 1.50 bits per heavy atom. The summed E-state index contributed by atoms with van der Waals surface area (Å²) in [6.45, 7) is 6.61. The van der Waals surface area contributed by atoms with E-state index in [4.69, 9.17) is 11.7 Å². The average molecular weight is 180 g/mol. The van der Waals surface area contributed by atoms with E-state index in [1.165, 1.54) is 0 Å². The molecule has 66 valence electrons. The van der Waals surface area contributed by atoms with E-state index in [2.05, 4.69) is 36.2 Å². The maximum Gasteiger partial charge on any atom is 0.120 e. The molecule has 0 aliphatic heterocycles. The topological polar surface area (TPSA) is 27.0 Å². The molecule has 1 atom stereocenters. The van der Waals surface area contributed by atoms with Gasteiger partial charge in [-0.15, -0.1) is 12.3 Å². The van der Waals surface area contributed by atoms with Crippen LogP contribution in [0.15, 0.2) is 0 Å². The van der Waals surface area contributed by atoms with Crippen molar-refractivity contribution >= 4 is 8.24 Å². The second-order valence-corrected chi connectivity index (χ2v) is 8.88. The van der Waals surface area contributed by atoms with Crippen molar-refractivity contribution in [3.05, 3.63) is 0 Å². The molecular weight excluding hydrogens is 164 g/mol. The Morgan fingerprint density at radius 2 is 2.00 bits per heavy atom. The van der Waals surface area contributed by atoms with Crippen molar-refractivity contribution in [1.82, 2.24) is 4.57 Å². The van der Waals surface area contributed by atoms with Gasteiger partial charge in [-0.2, -0.15) is 5.26 Å². The molecule has 2 nitrogen and oxygen atoms in total. The van der Waals surface area contributed by atoms with E-state index >= 15 is 0 Å². The quantitative estimate of drug-likeness (QED) is 0.488. The first-order valence-corrected chi connectivity index (χ1v) is 7.44. The Kier molecular flexibility index (Phi) is 4.02. The molecule has 0 aliphatic rings. The summed E-state index contributed by atoms with van der Waals surface area (Å²) in [5.74, 6) is 2.53. The molecule has 0 amide bonds. The van der Waals surface area contributed by atoms with Gasteiger partial charge >= 0.3 is 0 Å². The van der Waals surface area contributed by atoms with Gasteiger partial charge < -0.3 is 4.57 Å². The van der Waals surface area contributed by atoms with Crippen molar-refractivity contribution in [2.24, 2.45) is 0 Å². The van der Waals surface area contributed by atoms with Crippen molar-refractivity contribution < 1.29 is 0 Å². The molecule has 1 unspecified atom stereocenters. The zero-order valence-corrected chi connectivity index (χ0v) is 9.26. The Hall–Kier alpha value is -0.773. The zero-order chi connectivity index (χ0) is 9.78. The molecule has 0 aromatic carbocycles. The summed E-state index contributed by atoms with van der Waals surface area (Å²) in [6, 6.07) is 2.12. The normalized spacial score (nSPS) is 13.6. The first-order chi connectivity index (χ1) is 5.43. The number of hydrogen-bond donors (Lipinski definition) is 0. The summed E-state index contributed by atoms with van der Waals surface area (Å²) in [5.41, 5.74) is 0. The number of nitriles is 1. The highest BCUT2D eigenvalue weighted by atomic mass is 28.3. The minimum atomic E-state index is -1.37. The first-order valence-electron chi connectivity index (χ1n) is 3.99. The predicted octanol–water partition coefficient (Wildman–Crippen LogP) is 1.67. The van der Waals surface area contributed by atoms with Gasteiger partial charge in [0.25, 0.3) is 0 Å². The molecule has 0 radical (unpaired) electrons. The van der Waals surface area contributed by atoms with E-state index in [0.29, 0.717) is 6.42 Å².